The molecule has 0 radical (unpaired) electrons. The number of benzene rings is 1. The van der Waals surface area contributed by atoms with Crippen molar-refractivity contribution >= 4 is 0 Å². The number of H-pyrrole nitrogens is 1. The van der Waals surface area contributed by atoms with Gasteiger partial charge in [-0.25, -0.2) is 4.39 Å². The molecule has 4 rings (SSSR count). The highest BCUT2D eigenvalue weighted by atomic mass is 19.1. The van der Waals surface area contributed by atoms with Crippen LogP contribution in [0.5, 0.6) is 0 Å². The fourth-order valence-corrected chi connectivity index (χ4v) is 4.73. The summed E-state index contributed by atoms with van der Waals surface area (Å²) in [6.45, 7) is 1.93. The molecule has 1 saturated heterocycles. The van der Waals surface area contributed by atoms with Gasteiger partial charge in [0.1, 0.15) is 11.9 Å². The van der Waals surface area contributed by atoms with Gasteiger partial charge in [0.25, 0.3) is 0 Å². The summed E-state index contributed by atoms with van der Waals surface area (Å²) < 4.78 is 13.3. The number of hydrogen-bond donors (Lipinski definition) is 2. The van der Waals surface area contributed by atoms with Gasteiger partial charge in [-0.2, -0.15) is 10.4 Å². The molecule has 0 bridgehead atoms. The monoisotopic (exact) mass is 353 g/mol. The van der Waals surface area contributed by atoms with Crippen molar-refractivity contribution in [3.63, 3.8) is 0 Å². The number of hydrogen-bond acceptors (Lipinski definition) is 4. The first-order valence-electron chi connectivity index (χ1n) is 9.34. The van der Waals surface area contributed by atoms with Crippen LogP contribution < -0.4 is 5.73 Å². The number of nitrogens with one attached hydrogen (secondary N) is 1. The summed E-state index contributed by atoms with van der Waals surface area (Å²) in [5.41, 5.74) is 8.87. The Labute approximate surface area is 153 Å². The van der Waals surface area contributed by atoms with Gasteiger partial charge in [-0.15, -0.1) is 0 Å². The third-order valence-electron chi connectivity index (χ3n) is 5.97. The predicted octanol–water partition coefficient (Wildman–Crippen LogP) is 2.87. The summed E-state index contributed by atoms with van der Waals surface area (Å²) >= 11 is 0. The molecule has 136 valence electrons. The molecule has 4 unspecified atom stereocenters. The molecule has 1 aliphatic carbocycles. The maximum Gasteiger partial charge on any atom is 0.123 e. The number of nitrogens with zero attached hydrogens (tertiary/aromatic N) is 3. The van der Waals surface area contributed by atoms with E-state index in [2.05, 4.69) is 21.2 Å². The minimum Gasteiger partial charge on any atom is -0.327 e. The van der Waals surface area contributed by atoms with Crippen LogP contribution in [0.4, 0.5) is 4.39 Å². The van der Waals surface area contributed by atoms with Crippen molar-refractivity contribution in [2.75, 3.05) is 13.1 Å². The Bertz CT molecular complexity index is 793. The highest BCUT2D eigenvalue weighted by Crippen LogP contribution is 2.46. The molecule has 2 aromatic rings. The molecule has 1 aromatic heterocycles. The molecule has 2 fully saturated rings. The molecule has 1 saturated carbocycles. The smallest absolute Gasteiger partial charge is 0.123 e. The van der Waals surface area contributed by atoms with Gasteiger partial charge in [0, 0.05) is 30.7 Å². The molecule has 6 heteroatoms. The summed E-state index contributed by atoms with van der Waals surface area (Å²) in [6, 6.07) is 9.62. The highest BCUT2D eigenvalue weighted by molar-refractivity contribution is 5.36. The second kappa shape index (κ2) is 7.18. The largest absolute Gasteiger partial charge is 0.327 e. The van der Waals surface area contributed by atoms with Crippen LogP contribution in [0.1, 0.15) is 54.3 Å². The summed E-state index contributed by atoms with van der Waals surface area (Å²) in [6.07, 6.45) is 5.76. The summed E-state index contributed by atoms with van der Waals surface area (Å²) in [7, 11) is 0. The molecular weight excluding hydrogens is 329 g/mol. The number of halogens is 1. The lowest BCUT2D eigenvalue weighted by Crippen LogP contribution is -2.48. The summed E-state index contributed by atoms with van der Waals surface area (Å²) in [4.78, 5) is 2.48. The van der Waals surface area contributed by atoms with Gasteiger partial charge in [-0.05, 0) is 55.8 Å². The third-order valence-corrected chi connectivity index (χ3v) is 5.97. The Morgan fingerprint density at radius 3 is 2.81 bits per heavy atom. The molecule has 1 aliphatic heterocycles. The Hall–Kier alpha value is -2.23. The molecular formula is C20H24FN5. The van der Waals surface area contributed by atoms with Gasteiger partial charge >= 0.3 is 0 Å². The van der Waals surface area contributed by atoms with Crippen molar-refractivity contribution in [3.8, 4) is 6.07 Å². The van der Waals surface area contributed by atoms with Crippen LogP contribution in [0.2, 0.25) is 0 Å². The second-order valence-electron chi connectivity index (χ2n) is 7.59. The van der Waals surface area contributed by atoms with Crippen molar-refractivity contribution in [1.29, 1.82) is 5.26 Å². The van der Waals surface area contributed by atoms with Crippen LogP contribution in [-0.2, 0) is 0 Å². The lowest BCUT2D eigenvalue weighted by atomic mass is 9.93. The van der Waals surface area contributed by atoms with E-state index in [-0.39, 0.29) is 17.8 Å². The number of nitriles is 1. The first-order valence-corrected chi connectivity index (χ1v) is 9.34. The standard InChI is InChI=1S/C20H24FN5/c21-16-5-3-13(4-6-16)14-8-18(20-15(10-22)11-24-25-20)19(9-14)26-7-1-2-17(23)12-26/h3-6,11,14,17-19H,1-2,7-9,12,23H2,(H,24,25). The molecule has 2 aliphatic rings. The summed E-state index contributed by atoms with van der Waals surface area (Å²) in [5, 5.41) is 16.7. The fourth-order valence-electron chi connectivity index (χ4n) is 4.73. The van der Waals surface area contributed by atoms with Crippen LogP contribution in [0.15, 0.2) is 30.5 Å². The maximum atomic E-state index is 13.3. The fraction of sp³-hybridized carbons (Fsp3) is 0.500. The van der Waals surface area contributed by atoms with Gasteiger partial charge in [0.15, 0.2) is 0 Å². The van der Waals surface area contributed by atoms with E-state index in [0.29, 0.717) is 17.5 Å². The van der Waals surface area contributed by atoms with Crippen molar-refractivity contribution in [2.45, 2.75) is 49.6 Å². The van der Waals surface area contributed by atoms with Crippen LogP contribution >= 0.6 is 0 Å². The van der Waals surface area contributed by atoms with Crippen LogP contribution in [-0.4, -0.2) is 40.3 Å². The molecule has 26 heavy (non-hydrogen) atoms. The Morgan fingerprint density at radius 2 is 2.08 bits per heavy atom. The minimum atomic E-state index is -0.207. The molecule has 3 N–H and O–H groups in total. The Balaban J connectivity index is 1.64. The second-order valence-corrected chi connectivity index (χ2v) is 7.59. The Morgan fingerprint density at radius 1 is 1.27 bits per heavy atom. The zero-order valence-electron chi connectivity index (χ0n) is 14.7. The number of aromatic amines is 1. The van der Waals surface area contributed by atoms with Gasteiger partial charge in [-0.1, -0.05) is 12.1 Å². The van der Waals surface area contributed by atoms with Crippen LogP contribution in [0.25, 0.3) is 0 Å². The van der Waals surface area contributed by atoms with Crippen LogP contribution in [0, 0.1) is 17.1 Å². The molecule has 2 heterocycles. The number of aromatic nitrogens is 2. The van der Waals surface area contributed by atoms with E-state index in [1.54, 1.807) is 6.20 Å². The summed E-state index contributed by atoms with van der Waals surface area (Å²) in [5.74, 6) is 0.323. The SMILES string of the molecule is N#Cc1c[nH]nc1C1CC(c2ccc(F)cc2)CC1N1CCCC(N)C1. The molecule has 5 nitrogen and oxygen atoms in total. The normalized spacial score (nSPS) is 29.6. The molecule has 1 aromatic carbocycles. The molecule has 4 atom stereocenters. The van der Waals surface area contributed by atoms with Gasteiger partial charge in [-0.3, -0.25) is 10.00 Å². The third kappa shape index (κ3) is 3.25. The van der Waals surface area contributed by atoms with Gasteiger partial charge in [0.2, 0.25) is 0 Å². The number of nitrogens with two attached hydrogens (primary N) is 1. The quantitative estimate of drug-likeness (QED) is 0.889. The number of rotatable bonds is 3. The lowest BCUT2D eigenvalue weighted by molar-refractivity contribution is 0.138. The Kier molecular flexibility index (Phi) is 4.75. The average Bonchev–Trinajstić information content (AvgIpc) is 3.28. The molecule has 0 spiro atoms. The zero-order chi connectivity index (χ0) is 18.1. The van der Waals surface area contributed by atoms with Gasteiger partial charge < -0.3 is 5.73 Å². The van der Waals surface area contributed by atoms with Crippen LogP contribution in [0.3, 0.4) is 0 Å². The number of piperidine rings is 1. The average molecular weight is 353 g/mol. The van der Waals surface area contributed by atoms with E-state index >= 15 is 0 Å². The minimum absolute atomic E-state index is 0.191. The predicted molar refractivity (Wildman–Crippen MR) is 97.0 cm³/mol. The van der Waals surface area contributed by atoms with Crippen molar-refractivity contribution in [2.24, 2.45) is 5.73 Å². The first-order chi connectivity index (χ1) is 12.7. The topological polar surface area (TPSA) is 81.7 Å². The van der Waals surface area contributed by atoms with Crippen molar-refractivity contribution in [1.82, 2.24) is 15.1 Å². The lowest BCUT2D eigenvalue weighted by Gasteiger charge is -2.37. The van der Waals surface area contributed by atoms with Gasteiger partial charge in [0.05, 0.1) is 11.3 Å². The van der Waals surface area contributed by atoms with E-state index < -0.39 is 0 Å². The van der Waals surface area contributed by atoms with E-state index in [9.17, 15) is 9.65 Å². The molecule has 0 amide bonds. The van der Waals surface area contributed by atoms with E-state index in [1.807, 2.05) is 12.1 Å². The van der Waals surface area contributed by atoms with Crippen molar-refractivity contribution < 1.29 is 4.39 Å². The van der Waals surface area contributed by atoms with E-state index in [4.69, 9.17) is 5.73 Å². The highest BCUT2D eigenvalue weighted by Gasteiger charge is 2.42. The first kappa shape index (κ1) is 17.2. The van der Waals surface area contributed by atoms with E-state index in [1.165, 1.54) is 12.1 Å². The zero-order valence-corrected chi connectivity index (χ0v) is 14.7. The maximum absolute atomic E-state index is 13.3. The number of likely N-dealkylation sites (tertiary alicyclic amines) is 1. The van der Waals surface area contributed by atoms with Crippen molar-refractivity contribution in [3.05, 3.63) is 53.1 Å². The van der Waals surface area contributed by atoms with E-state index in [0.717, 1.165) is 50.0 Å².